The van der Waals surface area contributed by atoms with E-state index in [1.165, 1.54) is 6.08 Å². The SMILES string of the molecule is Cc1ccc(/C=C/C(=O)NCC(C)(C)C(=O)O)cc1Cl. The van der Waals surface area contributed by atoms with Crippen LogP contribution in [0.25, 0.3) is 6.08 Å². The van der Waals surface area contributed by atoms with E-state index in [0.29, 0.717) is 5.02 Å². The lowest BCUT2D eigenvalue weighted by Gasteiger charge is -2.18. The van der Waals surface area contributed by atoms with Crippen LogP contribution in [-0.2, 0) is 9.59 Å². The van der Waals surface area contributed by atoms with Gasteiger partial charge in [-0.2, -0.15) is 0 Å². The van der Waals surface area contributed by atoms with Crippen molar-refractivity contribution in [3.63, 3.8) is 0 Å². The van der Waals surface area contributed by atoms with Crippen molar-refractivity contribution in [3.05, 3.63) is 40.4 Å². The van der Waals surface area contributed by atoms with Crippen LogP contribution in [0.4, 0.5) is 0 Å². The molecule has 20 heavy (non-hydrogen) atoms. The molecule has 0 bridgehead atoms. The van der Waals surface area contributed by atoms with Crippen LogP contribution in [0.3, 0.4) is 0 Å². The highest BCUT2D eigenvalue weighted by atomic mass is 35.5. The van der Waals surface area contributed by atoms with E-state index in [1.54, 1.807) is 26.0 Å². The van der Waals surface area contributed by atoms with Crippen molar-refractivity contribution in [2.75, 3.05) is 6.54 Å². The minimum Gasteiger partial charge on any atom is -0.481 e. The molecule has 0 fully saturated rings. The number of aryl methyl sites for hydroxylation is 1. The van der Waals surface area contributed by atoms with Crippen LogP contribution >= 0.6 is 11.6 Å². The summed E-state index contributed by atoms with van der Waals surface area (Å²) in [6.45, 7) is 5.08. The van der Waals surface area contributed by atoms with Gasteiger partial charge in [0.15, 0.2) is 0 Å². The molecule has 0 saturated carbocycles. The normalized spacial score (nSPS) is 11.6. The Labute approximate surface area is 123 Å². The minimum absolute atomic E-state index is 0.0696. The van der Waals surface area contributed by atoms with E-state index in [1.807, 2.05) is 19.1 Å². The molecule has 1 rings (SSSR count). The Kier molecular flexibility index (Phi) is 5.34. The average Bonchev–Trinajstić information content (AvgIpc) is 2.37. The van der Waals surface area contributed by atoms with E-state index in [4.69, 9.17) is 16.7 Å². The van der Waals surface area contributed by atoms with Crippen LogP contribution in [0.1, 0.15) is 25.0 Å². The average molecular weight is 296 g/mol. The van der Waals surface area contributed by atoms with Crippen molar-refractivity contribution < 1.29 is 14.7 Å². The quantitative estimate of drug-likeness (QED) is 0.821. The molecule has 0 aliphatic heterocycles. The fourth-order valence-electron chi connectivity index (χ4n) is 1.33. The third-order valence-corrected chi connectivity index (χ3v) is 3.31. The van der Waals surface area contributed by atoms with E-state index in [9.17, 15) is 9.59 Å². The number of carbonyl (C=O) groups is 2. The summed E-state index contributed by atoms with van der Waals surface area (Å²) in [5.74, 6) is -1.29. The number of aliphatic carboxylic acids is 1. The van der Waals surface area contributed by atoms with Gasteiger partial charge in [0.1, 0.15) is 0 Å². The van der Waals surface area contributed by atoms with Gasteiger partial charge >= 0.3 is 5.97 Å². The van der Waals surface area contributed by atoms with Crippen LogP contribution < -0.4 is 5.32 Å². The lowest BCUT2D eigenvalue weighted by atomic mass is 9.94. The number of benzene rings is 1. The van der Waals surface area contributed by atoms with Crippen molar-refractivity contribution in [1.29, 1.82) is 0 Å². The van der Waals surface area contributed by atoms with Crippen molar-refractivity contribution in [2.24, 2.45) is 5.41 Å². The monoisotopic (exact) mass is 295 g/mol. The first-order valence-corrected chi connectivity index (χ1v) is 6.55. The first-order chi connectivity index (χ1) is 9.22. The minimum atomic E-state index is -0.989. The summed E-state index contributed by atoms with van der Waals surface area (Å²) in [5.41, 5.74) is 0.793. The molecule has 5 heteroatoms. The molecule has 0 spiro atoms. The molecular formula is C15H18ClNO3. The van der Waals surface area contributed by atoms with Gasteiger partial charge in [-0.15, -0.1) is 0 Å². The number of carboxylic acid groups (broad SMARTS) is 1. The molecule has 2 N–H and O–H groups in total. The lowest BCUT2D eigenvalue weighted by Crippen LogP contribution is -2.38. The van der Waals surface area contributed by atoms with Gasteiger partial charge in [-0.25, -0.2) is 0 Å². The second-order valence-electron chi connectivity index (χ2n) is 5.25. The van der Waals surface area contributed by atoms with Gasteiger partial charge in [-0.3, -0.25) is 9.59 Å². The molecule has 0 unspecified atom stereocenters. The number of nitrogens with one attached hydrogen (secondary N) is 1. The van der Waals surface area contributed by atoms with Crippen LogP contribution in [0.2, 0.25) is 5.02 Å². The largest absolute Gasteiger partial charge is 0.481 e. The zero-order valence-corrected chi connectivity index (χ0v) is 12.5. The maximum atomic E-state index is 11.6. The molecule has 0 saturated heterocycles. The van der Waals surface area contributed by atoms with Crippen molar-refractivity contribution in [2.45, 2.75) is 20.8 Å². The number of rotatable bonds is 5. The Bertz CT molecular complexity index is 550. The predicted octanol–water partition coefficient (Wildman–Crippen LogP) is 2.89. The second-order valence-corrected chi connectivity index (χ2v) is 5.66. The lowest BCUT2D eigenvalue weighted by molar-refractivity contribution is -0.146. The summed E-state index contributed by atoms with van der Waals surface area (Å²) in [6, 6.07) is 5.49. The van der Waals surface area contributed by atoms with Crippen LogP contribution in [0, 0.1) is 12.3 Å². The summed E-state index contributed by atoms with van der Waals surface area (Å²) in [7, 11) is 0. The standard InChI is InChI=1S/C15H18ClNO3/c1-10-4-5-11(8-12(10)16)6-7-13(18)17-9-15(2,3)14(19)20/h4-8H,9H2,1-3H3,(H,17,18)(H,19,20)/b7-6+. The molecule has 0 atom stereocenters. The molecule has 4 nitrogen and oxygen atoms in total. The zero-order valence-electron chi connectivity index (χ0n) is 11.7. The van der Waals surface area contributed by atoms with Gasteiger partial charge in [-0.05, 0) is 44.0 Å². The van der Waals surface area contributed by atoms with Crippen molar-refractivity contribution in [3.8, 4) is 0 Å². The van der Waals surface area contributed by atoms with Crippen molar-refractivity contribution in [1.82, 2.24) is 5.32 Å². The van der Waals surface area contributed by atoms with Crippen molar-refractivity contribution >= 4 is 29.6 Å². The number of carbonyl (C=O) groups excluding carboxylic acids is 1. The van der Waals surface area contributed by atoms with Gasteiger partial charge in [-0.1, -0.05) is 23.7 Å². The Hall–Kier alpha value is -1.81. The molecule has 0 aliphatic carbocycles. The number of carboxylic acids is 1. The molecule has 1 amide bonds. The topological polar surface area (TPSA) is 66.4 Å². The summed E-state index contributed by atoms with van der Waals surface area (Å²) >= 11 is 5.99. The highest BCUT2D eigenvalue weighted by Gasteiger charge is 2.27. The number of hydrogen-bond acceptors (Lipinski definition) is 2. The maximum Gasteiger partial charge on any atom is 0.310 e. The molecule has 0 radical (unpaired) electrons. The van der Waals surface area contributed by atoms with Crippen LogP contribution in [0.5, 0.6) is 0 Å². The van der Waals surface area contributed by atoms with Gasteiger partial charge in [0, 0.05) is 17.6 Å². The number of halogens is 1. The Balaban J connectivity index is 2.60. The molecule has 108 valence electrons. The smallest absolute Gasteiger partial charge is 0.310 e. The summed E-state index contributed by atoms with van der Waals surface area (Å²) in [4.78, 5) is 22.5. The zero-order chi connectivity index (χ0) is 15.3. The Morgan fingerprint density at radius 3 is 2.60 bits per heavy atom. The Morgan fingerprint density at radius 1 is 1.40 bits per heavy atom. The third kappa shape index (κ3) is 4.70. The molecular weight excluding hydrogens is 278 g/mol. The van der Waals surface area contributed by atoms with Gasteiger partial charge in [0.2, 0.25) is 5.91 Å². The second kappa shape index (κ2) is 6.57. The van der Waals surface area contributed by atoms with Crippen LogP contribution in [-0.4, -0.2) is 23.5 Å². The maximum absolute atomic E-state index is 11.6. The van der Waals surface area contributed by atoms with E-state index in [-0.39, 0.29) is 12.5 Å². The fourth-order valence-corrected chi connectivity index (χ4v) is 1.52. The molecule has 1 aromatic rings. The van der Waals surface area contributed by atoms with Gasteiger partial charge in [0.05, 0.1) is 5.41 Å². The number of hydrogen-bond donors (Lipinski definition) is 2. The predicted molar refractivity (Wildman–Crippen MR) is 79.6 cm³/mol. The summed E-state index contributed by atoms with van der Waals surface area (Å²) < 4.78 is 0. The molecule has 0 heterocycles. The Morgan fingerprint density at radius 2 is 2.05 bits per heavy atom. The highest BCUT2D eigenvalue weighted by Crippen LogP contribution is 2.17. The summed E-state index contributed by atoms with van der Waals surface area (Å²) in [5, 5.41) is 12.1. The first-order valence-electron chi connectivity index (χ1n) is 6.18. The van der Waals surface area contributed by atoms with E-state index in [0.717, 1.165) is 11.1 Å². The third-order valence-electron chi connectivity index (χ3n) is 2.91. The van der Waals surface area contributed by atoms with Crippen LogP contribution in [0.15, 0.2) is 24.3 Å². The van der Waals surface area contributed by atoms with Gasteiger partial charge in [0.25, 0.3) is 0 Å². The molecule has 1 aromatic carbocycles. The fraction of sp³-hybridized carbons (Fsp3) is 0.333. The first kappa shape index (κ1) is 16.2. The number of amides is 1. The van der Waals surface area contributed by atoms with E-state index in [2.05, 4.69) is 5.32 Å². The van der Waals surface area contributed by atoms with E-state index < -0.39 is 11.4 Å². The molecule has 0 aromatic heterocycles. The summed E-state index contributed by atoms with van der Waals surface area (Å²) in [6.07, 6.45) is 2.99. The van der Waals surface area contributed by atoms with E-state index >= 15 is 0 Å². The van der Waals surface area contributed by atoms with Gasteiger partial charge < -0.3 is 10.4 Å². The molecule has 0 aliphatic rings. The highest BCUT2D eigenvalue weighted by molar-refractivity contribution is 6.31.